The highest BCUT2D eigenvalue weighted by Gasteiger charge is 2.20. The van der Waals surface area contributed by atoms with Gasteiger partial charge in [0, 0.05) is 0 Å². The van der Waals surface area contributed by atoms with Crippen LogP contribution in [0.25, 0.3) is 15.2 Å². The summed E-state index contributed by atoms with van der Waals surface area (Å²) in [7, 11) is 0. The number of aromatic nitrogens is 2. The van der Waals surface area contributed by atoms with Gasteiger partial charge < -0.3 is 4.74 Å². The number of fused-ring (bicyclic) bond motifs is 3. The lowest BCUT2D eigenvalue weighted by molar-refractivity contribution is 0.0522. The Balaban J connectivity index is 2.41. The molecule has 20 heavy (non-hydrogen) atoms. The van der Waals surface area contributed by atoms with Crippen molar-refractivity contribution in [1.29, 1.82) is 0 Å². The Morgan fingerprint density at radius 1 is 1.40 bits per heavy atom. The molecule has 2 aromatic heterocycles. The Kier molecular flexibility index (Phi) is 3.02. The van der Waals surface area contributed by atoms with Gasteiger partial charge in [-0.2, -0.15) is 0 Å². The predicted octanol–water partition coefficient (Wildman–Crippen LogP) is 2.39. The van der Waals surface area contributed by atoms with Crippen LogP contribution in [0.2, 0.25) is 0 Å². The molecular weight excluding hydrogens is 276 g/mol. The molecule has 0 amide bonds. The average Bonchev–Trinajstić information content (AvgIpc) is 2.76. The second-order valence-electron chi connectivity index (χ2n) is 4.29. The van der Waals surface area contributed by atoms with Crippen LogP contribution in [0, 0.1) is 6.92 Å². The van der Waals surface area contributed by atoms with Crippen molar-refractivity contribution in [3.63, 3.8) is 0 Å². The predicted molar refractivity (Wildman–Crippen MR) is 77.5 cm³/mol. The first kappa shape index (κ1) is 12.8. The SMILES string of the molecule is CCOC(=O)c1c(C)nc2sc3ccccc3n2c1=O. The quantitative estimate of drug-likeness (QED) is 0.679. The van der Waals surface area contributed by atoms with E-state index in [9.17, 15) is 9.59 Å². The van der Waals surface area contributed by atoms with Gasteiger partial charge in [-0.1, -0.05) is 23.5 Å². The van der Waals surface area contributed by atoms with Crippen LogP contribution < -0.4 is 5.56 Å². The molecule has 102 valence electrons. The van der Waals surface area contributed by atoms with Gasteiger partial charge in [0.05, 0.1) is 22.5 Å². The van der Waals surface area contributed by atoms with Gasteiger partial charge >= 0.3 is 5.97 Å². The Morgan fingerprint density at radius 2 is 2.15 bits per heavy atom. The number of thiazole rings is 1. The van der Waals surface area contributed by atoms with Crippen molar-refractivity contribution in [2.24, 2.45) is 0 Å². The van der Waals surface area contributed by atoms with E-state index >= 15 is 0 Å². The van der Waals surface area contributed by atoms with Crippen LogP contribution in [0.3, 0.4) is 0 Å². The van der Waals surface area contributed by atoms with Gasteiger partial charge in [0.2, 0.25) is 0 Å². The number of aryl methyl sites for hydroxylation is 1. The number of benzene rings is 1. The number of carbonyl (C=O) groups is 1. The molecule has 0 unspecified atom stereocenters. The van der Waals surface area contributed by atoms with Crippen molar-refractivity contribution in [2.45, 2.75) is 13.8 Å². The van der Waals surface area contributed by atoms with Gasteiger partial charge in [0.25, 0.3) is 5.56 Å². The molecule has 2 heterocycles. The molecule has 6 heteroatoms. The third kappa shape index (κ3) is 1.80. The Bertz CT molecular complexity index is 879. The molecule has 0 aliphatic heterocycles. The lowest BCUT2D eigenvalue weighted by Gasteiger charge is -2.04. The molecule has 0 saturated heterocycles. The second kappa shape index (κ2) is 4.72. The molecule has 0 spiro atoms. The maximum Gasteiger partial charge on any atom is 0.345 e. The first-order valence-electron chi connectivity index (χ1n) is 6.21. The van der Waals surface area contributed by atoms with Crippen LogP contribution >= 0.6 is 11.3 Å². The Morgan fingerprint density at radius 3 is 2.90 bits per heavy atom. The summed E-state index contributed by atoms with van der Waals surface area (Å²) in [5, 5.41) is 0. The Hall–Kier alpha value is -2.21. The standard InChI is InChI=1S/C14H12N2O3S/c1-3-19-13(18)11-8(2)15-14-16(12(11)17)9-6-4-5-7-10(9)20-14/h4-7H,3H2,1-2H3. The largest absolute Gasteiger partial charge is 0.462 e. The minimum atomic E-state index is -0.618. The van der Waals surface area contributed by atoms with Gasteiger partial charge in [0.1, 0.15) is 5.56 Å². The second-order valence-corrected chi connectivity index (χ2v) is 5.29. The van der Waals surface area contributed by atoms with Crippen LogP contribution in [-0.2, 0) is 4.74 Å². The summed E-state index contributed by atoms with van der Waals surface area (Å²) in [6, 6.07) is 7.52. The molecule has 0 saturated carbocycles. The van der Waals surface area contributed by atoms with Crippen LogP contribution in [0.5, 0.6) is 0 Å². The van der Waals surface area contributed by atoms with E-state index in [1.54, 1.807) is 13.8 Å². The van der Waals surface area contributed by atoms with Gasteiger partial charge in [-0.25, -0.2) is 9.78 Å². The third-order valence-corrected chi connectivity index (χ3v) is 4.04. The first-order valence-corrected chi connectivity index (χ1v) is 7.03. The Labute approximate surface area is 118 Å². The minimum absolute atomic E-state index is 0.00732. The van der Waals surface area contributed by atoms with E-state index in [0.717, 1.165) is 10.2 Å². The van der Waals surface area contributed by atoms with Crippen molar-refractivity contribution in [3.8, 4) is 0 Å². The maximum absolute atomic E-state index is 12.6. The molecule has 0 fully saturated rings. The highest BCUT2D eigenvalue weighted by molar-refractivity contribution is 7.23. The molecule has 0 aliphatic rings. The van der Waals surface area contributed by atoms with Crippen LogP contribution in [0.4, 0.5) is 0 Å². The molecule has 0 atom stereocenters. The van der Waals surface area contributed by atoms with Crippen LogP contribution in [-0.4, -0.2) is 22.0 Å². The summed E-state index contributed by atoms with van der Waals surface area (Å²) in [5.74, 6) is -0.618. The van der Waals surface area contributed by atoms with Gasteiger partial charge in [-0.15, -0.1) is 0 Å². The molecule has 0 radical (unpaired) electrons. The van der Waals surface area contributed by atoms with E-state index < -0.39 is 5.97 Å². The number of hydrogen-bond donors (Lipinski definition) is 0. The maximum atomic E-state index is 12.6. The van der Waals surface area contributed by atoms with Gasteiger partial charge in [-0.3, -0.25) is 9.20 Å². The lowest BCUT2D eigenvalue weighted by Crippen LogP contribution is -2.25. The minimum Gasteiger partial charge on any atom is -0.462 e. The normalized spacial score (nSPS) is 11.1. The summed E-state index contributed by atoms with van der Waals surface area (Å²) in [6.07, 6.45) is 0. The zero-order valence-electron chi connectivity index (χ0n) is 11.0. The van der Waals surface area contributed by atoms with Crippen LogP contribution in [0.1, 0.15) is 23.0 Å². The molecule has 0 bridgehead atoms. The zero-order chi connectivity index (χ0) is 14.3. The summed E-state index contributed by atoms with van der Waals surface area (Å²) < 4.78 is 7.37. The molecule has 3 rings (SSSR count). The highest BCUT2D eigenvalue weighted by Crippen LogP contribution is 2.24. The van der Waals surface area contributed by atoms with Gasteiger partial charge in [0.15, 0.2) is 4.96 Å². The number of para-hydroxylation sites is 1. The molecule has 5 nitrogen and oxygen atoms in total. The average molecular weight is 288 g/mol. The van der Waals surface area contributed by atoms with Crippen molar-refractivity contribution in [2.75, 3.05) is 6.61 Å². The molecule has 3 aromatic rings. The van der Waals surface area contributed by atoms with Crippen LogP contribution in [0.15, 0.2) is 29.1 Å². The number of ether oxygens (including phenoxy) is 1. The highest BCUT2D eigenvalue weighted by atomic mass is 32.1. The van der Waals surface area contributed by atoms with E-state index in [-0.39, 0.29) is 17.7 Å². The van der Waals surface area contributed by atoms with Crippen molar-refractivity contribution in [1.82, 2.24) is 9.38 Å². The van der Waals surface area contributed by atoms with Crippen molar-refractivity contribution in [3.05, 3.63) is 45.9 Å². The molecule has 0 aliphatic carbocycles. The topological polar surface area (TPSA) is 60.7 Å². The van der Waals surface area contributed by atoms with Gasteiger partial charge in [-0.05, 0) is 26.0 Å². The van der Waals surface area contributed by atoms with E-state index in [1.807, 2.05) is 24.3 Å². The molecular formula is C14H12N2O3S. The number of esters is 1. The summed E-state index contributed by atoms with van der Waals surface area (Å²) >= 11 is 1.42. The third-order valence-electron chi connectivity index (χ3n) is 3.02. The fourth-order valence-corrected chi connectivity index (χ4v) is 3.21. The van der Waals surface area contributed by atoms with E-state index in [0.29, 0.717) is 10.7 Å². The summed E-state index contributed by atoms with van der Waals surface area (Å²) in [6.45, 7) is 3.58. The number of hydrogen-bond acceptors (Lipinski definition) is 5. The summed E-state index contributed by atoms with van der Waals surface area (Å²) in [4.78, 5) is 29.4. The monoisotopic (exact) mass is 288 g/mol. The van der Waals surface area contributed by atoms with Crippen molar-refractivity contribution >= 4 is 32.5 Å². The fraction of sp³-hybridized carbons (Fsp3) is 0.214. The number of carbonyl (C=O) groups excluding carboxylic acids is 1. The van der Waals surface area contributed by atoms with E-state index in [2.05, 4.69) is 4.98 Å². The molecule has 1 aromatic carbocycles. The number of nitrogens with zero attached hydrogens (tertiary/aromatic N) is 2. The molecule has 0 N–H and O–H groups in total. The van der Waals surface area contributed by atoms with Crippen molar-refractivity contribution < 1.29 is 9.53 Å². The van der Waals surface area contributed by atoms with E-state index in [1.165, 1.54) is 15.7 Å². The summed E-state index contributed by atoms with van der Waals surface area (Å²) in [5.41, 5.74) is 0.798. The number of rotatable bonds is 2. The zero-order valence-corrected chi connectivity index (χ0v) is 11.9. The van der Waals surface area contributed by atoms with E-state index in [4.69, 9.17) is 4.74 Å². The fourth-order valence-electron chi connectivity index (χ4n) is 2.15. The lowest BCUT2D eigenvalue weighted by atomic mass is 10.2. The first-order chi connectivity index (χ1) is 9.63. The smallest absolute Gasteiger partial charge is 0.345 e.